The Balaban J connectivity index is 1.76. The molecule has 0 atom stereocenters. The van der Waals surface area contributed by atoms with Gasteiger partial charge in [-0.05, 0) is 62.6 Å². The van der Waals surface area contributed by atoms with Crippen molar-refractivity contribution in [3.63, 3.8) is 0 Å². The molecule has 0 saturated carbocycles. The lowest BCUT2D eigenvalue weighted by Gasteiger charge is -2.16. The molecule has 0 amide bonds. The summed E-state index contributed by atoms with van der Waals surface area (Å²) in [4.78, 5) is 2.18. The number of benzene rings is 3. The lowest BCUT2D eigenvalue weighted by Crippen LogP contribution is -2.21. The van der Waals surface area contributed by atoms with E-state index in [4.69, 9.17) is 16.3 Å². The Kier molecular flexibility index (Phi) is 7.26. The van der Waals surface area contributed by atoms with Crippen LogP contribution in [0.25, 0.3) is 10.8 Å². The van der Waals surface area contributed by atoms with Gasteiger partial charge in [-0.2, -0.15) is 0 Å². The van der Waals surface area contributed by atoms with E-state index in [1.807, 2.05) is 18.2 Å². The molecule has 0 radical (unpaired) electrons. The van der Waals surface area contributed by atoms with Crippen LogP contribution in [0.1, 0.15) is 17.5 Å². The highest BCUT2D eigenvalue weighted by Crippen LogP contribution is 2.29. The van der Waals surface area contributed by atoms with Crippen LogP contribution in [0.5, 0.6) is 5.75 Å². The highest BCUT2D eigenvalue weighted by Gasteiger charge is 2.10. The van der Waals surface area contributed by atoms with Crippen LogP contribution in [0.2, 0.25) is 5.02 Å². The Bertz CT molecular complexity index is 930. The van der Waals surface area contributed by atoms with Crippen molar-refractivity contribution in [2.75, 3.05) is 27.2 Å². The first kappa shape index (κ1) is 20.6. The second-order valence-corrected chi connectivity index (χ2v) is 7.53. The Labute approximate surface area is 171 Å². The number of rotatable bonds is 9. The normalized spacial score (nSPS) is 11.3. The van der Waals surface area contributed by atoms with Crippen molar-refractivity contribution in [1.82, 2.24) is 10.2 Å². The molecule has 0 fully saturated rings. The van der Waals surface area contributed by atoms with Gasteiger partial charge in [0.2, 0.25) is 0 Å². The molecule has 3 aromatic rings. The average Bonchev–Trinajstić information content (AvgIpc) is 2.67. The van der Waals surface area contributed by atoms with Crippen molar-refractivity contribution in [3.05, 3.63) is 76.6 Å². The van der Waals surface area contributed by atoms with Gasteiger partial charge in [-0.1, -0.05) is 48.0 Å². The van der Waals surface area contributed by atoms with Gasteiger partial charge < -0.3 is 15.0 Å². The van der Waals surface area contributed by atoms with E-state index < -0.39 is 0 Å². The number of ether oxygens (including phenoxy) is 1. The molecule has 3 aromatic carbocycles. The minimum absolute atomic E-state index is 0.297. The zero-order valence-electron chi connectivity index (χ0n) is 16.3. The van der Waals surface area contributed by atoms with Crippen LogP contribution >= 0.6 is 11.6 Å². The van der Waals surface area contributed by atoms with Gasteiger partial charge in [-0.25, -0.2) is 4.39 Å². The number of hydrogen-bond acceptors (Lipinski definition) is 3. The first-order chi connectivity index (χ1) is 13.5. The fourth-order valence-corrected chi connectivity index (χ4v) is 3.38. The molecule has 0 aliphatic heterocycles. The maximum Gasteiger partial charge on any atom is 0.124 e. The third kappa shape index (κ3) is 5.44. The molecule has 28 heavy (non-hydrogen) atoms. The quantitative estimate of drug-likeness (QED) is 0.496. The minimum Gasteiger partial charge on any atom is -0.488 e. The van der Waals surface area contributed by atoms with E-state index in [-0.39, 0.29) is 5.82 Å². The molecule has 3 rings (SSSR count). The molecule has 148 valence electrons. The van der Waals surface area contributed by atoms with Crippen molar-refractivity contribution in [1.29, 1.82) is 0 Å². The molecule has 0 unspecified atom stereocenters. The smallest absolute Gasteiger partial charge is 0.124 e. The number of halogens is 2. The monoisotopic (exact) mass is 400 g/mol. The molecule has 0 bridgehead atoms. The predicted molar refractivity (Wildman–Crippen MR) is 115 cm³/mol. The van der Waals surface area contributed by atoms with Gasteiger partial charge in [-0.15, -0.1) is 0 Å². The lowest BCUT2D eigenvalue weighted by molar-refractivity contribution is 0.302. The van der Waals surface area contributed by atoms with Crippen molar-refractivity contribution in [2.24, 2.45) is 0 Å². The first-order valence-electron chi connectivity index (χ1n) is 9.47. The van der Waals surface area contributed by atoms with Gasteiger partial charge in [0, 0.05) is 17.7 Å². The third-order valence-electron chi connectivity index (χ3n) is 4.66. The van der Waals surface area contributed by atoms with Crippen molar-refractivity contribution in [3.8, 4) is 5.75 Å². The molecule has 0 spiro atoms. The van der Waals surface area contributed by atoms with Crippen LogP contribution in [-0.4, -0.2) is 32.1 Å². The second-order valence-electron chi connectivity index (χ2n) is 7.12. The fourth-order valence-electron chi connectivity index (χ4n) is 3.16. The van der Waals surface area contributed by atoms with E-state index in [0.29, 0.717) is 11.6 Å². The van der Waals surface area contributed by atoms with E-state index >= 15 is 0 Å². The summed E-state index contributed by atoms with van der Waals surface area (Å²) in [5.41, 5.74) is 1.89. The molecule has 0 saturated heterocycles. The maximum atomic E-state index is 13.3. The molecule has 5 heteroatoms. The summed E-state index contributed by atoms with van der Waals surface area (Å²) in [5, 5.41) is 6.26. The van der Waals surface area contributed by atoms with E-state index in [1.165, 1.54) is 22.9 Å². The van der Waals surface area contributed by atoms with Gasteiger partial charge in [0.1, 0.15) is 18.2 Å². The van der Waals surface area contributed by atoms with Gasteiger partial charge in [0.25, 0.3) is 0 Å². The Hall–Kier alpha value is -2.14. The van der Waals surface area contributed by atoms with Crippen LogP contribution in [0, 0.1) is 5.82 Å². The van der Waals surface area contributed by atoms with Crippen LogP contribution < -0.4 is 10.1 Å². The van der Waals surface area contributed by atoms with Crippen molar-refractivity contribution < 1.29 is 9.13 Å². The zero-order chi connectivity index (χ0) is 19.9. The van der Waals surface area contributed by atoms with E-state index in [0.717, 1.165) is 42.9 Å². The van der Waals surface area contributed by atoms with E-state index in [2.05, 4.69) is 42.5 Å². The van der Waals surface area contributed by atoms with E-state index in [1.54, 1.807) is 6.07 Å². The Morgan fingerprint density at radius 2 is 1.89 bits per heavy atom. The first-order valence-corrected chi connectivity index (χ1v) is 9.85. The molecular formula is C23H26ClFN2O. The largest absolute Gasteiger partial charge is 0.488 e. The zero-order valence-corrected chi connectivity index (χ0v) is 17.1. The number of nitrogens with one attached hydrogen (secondary N) is 1. The van der Waals surface area contributed by atoms with Crippen molar-refractivity contribution >= 4 is 22.4 Å². The number of fused-ring (bicyclic) bond motifs is 1. The molecule has 0 aliphatic rings. The van der Waals surface area contributed by atoms with Crippen LogP contribution in [-0.2, 0) is 13.2 Å². The highest BCUT2D eigenvalue weighted by atomic mass is 35.5. The molecular weight excluding hydrogens is 375 g/mol. The summed E-state index contributed by atoms with van der Waals surface area (Å²) in [7, 11) is 4.16. The Morgan fingerprint density at radius 1 is 1.07 bits per heavy atom. The summed E-state index contributed by atoms with van der Waals surface area (Å²) in [6.45, 7) is 3.01. The van der Waals surface area contributed by atoms with Crippen LogP contribution in [0.3, 0.4) is 0 Å². The summed E-state index contributed by atoms with van der Waals surface area (Å²) in [5.74, 6) is 0.473. The fraction of sp³-hybridized carbons (Fsp3) is 0.304. The van der Waals surface area contributed by atoms with Gasteiger partial charge in [-0.3, -0.25) is 0 Å². The highest BCUT2D eigenvalue weighted by molar-refractivity contribution is 6.31. The van der Waals surface area contributed by atoms with Crippen molar-refractivity contribution in [2.45, 2.75) is 19.6 Å². The molecule has 0 aliphatic carbocycles. The van der Waals surface area contributed by atoms with E-state index in [9.17, 15) is 4.39 Å². The third-order valence-corrected chi connectivity index (χ3v) is 5.01. The topological polar surface area (TPSA) is 24.5 Å². The molecule has 0 heterocycles. The molecule has 0 aromatic heterocycles. The van der Waals surface area contributed by atoms with Gasteiger partial charge >= 0.3 is 0 Å². The van der Waals surface area contributed by atoms with Crippen LogP contribution in [0.15, 0.2) is 54.6 Å². The standard InChI is InChI=1S/C23H26ClFN2O/c1-27(2)13-5-12-26-15-21-20-7-4-3-6-17(20)9-11-23(21)28-16-18-8-10-19(25)14-22(18)24/h3-4,6-11,14,26H,5,12-13,15-16H2,1-2H3. The van der Waals surface area contributed by atoms with Gasteiger partial charge in [0.15, 0.2) is 0 Å². The van der Waals surface area contributed by atoms with Gasteiger partial charge in [0.05, 0.1) is 5.02 Å². The summed E-state index contributed by atoms with van der Waals surface area (Å²) < 4.78 is 19.4. The average molecular weight is 401 g/mol. The molecule has 1 N–H and O–H groups in total. The summed E-state index contributed by atoms with van der Waals surface area (Å²) in [6.07, 6.45) is 1.08. The SMILES string of the molecule is CN(C)CCCNCc1c(OCc2ccc(F)cc2Cl)ccc2ccccc12. The summed E-state index contributed by atoms with van der Waals surface area (Å²) in [6, 6.07) is 16.7. The minimum atomic E-state index is -0.345. The maximum absolute atomic E-state index is 13.3. The lowest BCUT2D eigenvalue weighted by atomic mass is 10.0. The number of nitrogens with zero attached hydrogens (tertiary/aromatic N) is 1. The number of hydrogen-bond donors (Lipinski definition) is 1. The summed E-state index contributed by atoms with van der Waals surface area (Å²) >= 11 is 6.14. The molecule has 3 nitrogen and oxygen atoms in total. The van der Waals surface area contributed by atoms with Crippen LogP contribution in [0.4, 0.5) is 4.39 Å². The second kappa shape index (κ2) is 9.87. The Morgan fingerprint density at radius 3 is 2.68 bits per heavy atom. The predicted octanol–water partition coefficient (Wildman–Crippen LogP) is 5.25.